The van der Waals surface area contributed by atoms with E-state index in [1.54, 1.807) is 7.05 Å². The topological polar surface area (TPSA) is 65.8 Å². The van der Waals surface area contributed by atoms with Gasteiger partial charge in [0.2, 0.25) is 0 Å². The first-order valence-corrected chi connectivity index (χ1v) is 5.44. The average Bonchev–Trinajstić information content (AvgIpc) is 2.46. The van der Waals surface area contributed by atoms with Crippen LogP contribution in [0.5, 0.6) is 0 Å². The molecule has 0 aliphatic heterocycles. The van der Waals surface area contributed by atoms with Crippen LogP contribution in [0.3, 0.4) is 0 Å². The summed E-state index contributed by atoms with van der Waals surface area (Å²) in [5.74, 6) is 0. The molecule has 1 N–H and O–H groups in total. The highest BCUT2D eigenvalue weighted by molar-refractivity contribution is 7.84. The highest BCUT2D eigenvalue weighted by Crippen LogP contribution is 2.24. The predicted molar refractivity (Wildman–Crippen MR) is 48.7 cm³/mol. The monoisotopic (exact) mass is 201 g/mol. The van der Waals surface area contributed by atoms with E-state index in [1.807, 2.05) is 6.07 Å². The zero-order valence-electron chi connectivity index (χ0n) is 6.62. The van der Waals surface area contributed by atoms with E-state index in [4.69, 9.17) is 5.26 Å². The SMILES string of the molecule is CNc1snc(S(C)=O)c1C#N. The highest BCUT2D eigenvalue weighted by Gasteiger charge is 2.14. The van der Waals surface area contributed by atoms with Gasteiger partial charge in [0.25, 0.3) is 0 Å². The summed E-state index contributed by atoms with van der Waals surface area (Å²) >= 11 is 1.15. The molecular weight excluding hydrogens is 194 g/mol. The second-order valence-corrected chi connectivity index (χ2v) is 4.08. The normalized spacial score (nSPS) is 12.1. The second kappa shape index (κ2) is 3.65. The van der Waals surface area contributed by atoms with Crippen LogP contribution in [0.15, 0.2) is 5.03 Å². The number of hydrogen-bond acceptors (Lipinski definition) is 5. The molecule has 64 valence electrons. The van der Waals surface area contributed by atoms with Gasteiger partial charge in [0.1, 0.15) is 16.6 Å². The lowest BCUT2D eigenvalue weighted by Gasteiger charge is -1.92. The number of rotatable bonds is 2. The minimum Gasteiger partial charge on any atom is -0.378 e. The average molecular weight is 201 g/mol. The summed E-state index contributed by atoms with van der Waals surface area (Å²) in [5.41, 5.74) is 0.392. The summed E-state index contributed by atoms with van der Waals surface area (Å²) in [6, 6.07) is 1.97. The fourth-order valence-corrected chi connectivity index (χ4v) is 2.36. The van der Waals surface area contributed by atoms with Crippen molar-refractivity contribution in [1.82, 2.24) is 4.37 Å². The molecule has 0 aliphatic rings. The first kappa shape index (κ1) is 9.16. The van der Waals surface area contributed by atoms with Crippen molar-refractivity contribution in [3.63, 3.8) is 0 Å². The third-order valence-electron chi connectivity index (χ3n) is 1.27. The maximum atomic E-state index is 11.0. The molecule has 0 saturated carbocycles. The number of nitrogens with one attached hydrogen (secondary N) is 1. The van der Waals surface area contributed by atoms with E-state index >= 15 is 0 Å². The largest absolute Gasteiger partial charge is 0.378 e. The van der Waals surface area contributed by atoms with Gasteiger partial charge in [0.05, 0.1) is 10.8 Å². The number of nitriles is 1. The lowest BCUT2D eigenvalue weighted by molar-refractivity contribution is 0.685. The molecule has 1 unspecified atom stereocenters. The van der Waals surface area contributed by atoms with Gasteiger partial charge in [-0.1, -0.05) is 0 Å². The maximum Gasteiger partial charge on any atom is 0.160 e. The Morgan fingerprint density at radius 1 is 1.75 bits per heavy atom. The zero-order valence-corrected chi connectivity index (χ0v) is 8.25. The molecule has 1 heterocycles. The van der Waals surface area contributed by atoms with Crippen LogP contribution in [0, 0.1) is 11.3 Å². The van der Waals surface area contributed by atoms with E-state index < -0.39 is 10.8 Å². The van der Waals surface area contributed by atoms with Gasteiger partial charge < -0.3 is 5.32 Å². The standard InChI is InChI=1S/C6H7N3OS2/c1-8-5-4(3-7)6(9-11-5)12(2)10/h8H,1-2H3. The van der Waals surface area contributed by atoms with Gasteiger partial charge in [0.15, 0.2) is 5.03 Å². The van der Waals surface area contributed by atoms with Gasteiger partial charge in [-0.3, -0.25) is 4.21 Å². The molecular formula is C6H7N3OS2. The van der Waals surface area contributed by atoms with Gasteiger partial charge in [-0.25, -0.2) is 0 Å². The van der Waals surface area contributed by atoms with Crippen LogP contribution in [0.1, 0.15) is 5.56 Å². The third-order valence-corrected chi connectivity index (χ3v) is 3.09. The molecule has 1 rings (SSSR count). The second-order valence-electron chi connectivity index (χ2n) is 2.01. The minimum absolute atomic E-state index is 0.367. The molecule has 0 aromatic carbocycles. The molecule has 12 heavy (non-hydrogen) atoms. The number of hydrogen-bond donors (Lipinski definition) is 1. The first-order chi connectivity index (χ1) is 5.70. The maximum absolute atomic E-state index is 11.0. The summed E-state index contributed by atoms with van der Waals surface area (Å²) in [6.07, 6.45) is 1.51. The van der Waals surface area contributed by atoms with E-state index in [9.17, 15) is 4.21 Å². The minimum atomic E-state index is -1.18. The Kier molecular flexibility index (Phi) is 2.78. The first-order valence-electron chi connectivity index (χ1n) is 3.11. The van der Waals surface area contributed by atoms with Crippen molar-refractivity contribution in [3.05, 3.63) is 5.56 Å². The third kappa shape index (κ3) is 1.47. The van der Waals surface area contributed by atoms with E-state index in [2.05, 4.69) is 9.69 Å². The van der Waals surface area contributed by atoms with E-state index in [1.165, 1.54) is 6.26 Å². The lowest BCUT2D eigenvalue weighted by atomic mass is 10.4. The Labute approximate surface area is 76.8 Å². The molecule has 4 nitrogen and oxygen atoms in total. The Balaban J connectivity index is 3.25. The molecule has 0 bridgehead atoms. The Hall–Kier alpha value is -0.930. The van der Waals surface area contributed by atoms with Crippen molar-refractivity contribution < 1.29 is 4.21 Å². The van der Waals surface area contributed by atoms with Crippen LogP contribution in [-0.2, 0) is 10.8 Å². The lowest BCUT2D eigenvalue weighted by Crippen LogP contribution is -1.92. The molecule has 0 saturated heterocycles. The van der Waals surface area contributed by atoms with E-state index in [-0.39, 0.29) is 0 Å². The molecule has 0 aliphatic carbocycles. The number of nitrogens with zero attached hydrogens (tertiary/aromatic N) is 2. The fourth-order valence-electron chi connectivity index (χ4n) is 0.741. The van der Waals surface area contributed by atoms with Gasteiger partial charge in [0, 0.05) is 13.3 Å². The van der Waals surface area contributed by atoms with Gasteiger partial charge >= 0.3 is 0 Å². The Morgan fingerprint density at radius 3 is 2.83 bits per heavy atom. The summed E-state index contributed by atoms with van der Waals surface area (Å²) in [7, 11) is 0.521. The van der Waals surface area contributed by atoms with Crippen LogP contribution < -0.4 is 5.32 Å². The molecule has 1 atom stereocenters. The Morgan fingerprint density at radius 2 is 2.42 bits per heavy atom. The van der Waals surface area contributed by atoms with E-state index in [0.717, 1.165) is 11.5 Å². The summed E-state index contributed by atoms with van der Waals surface area (Å²) < 4.78 is 14.9. The van der Waals surface area contributed by atoms with E-state index in [0.29, 0.717) is 15.6 Å². The van der Waals surface area contributed by atoms with Gasteiger partial charge in [-0.15, -0.1) is 0 Å². The van der Waals surface area contributed by atoms with Gasteiger partial charge in [-0.05, 0) is 11.5 Å². The highest BCUT2D eigenvalue weighted by atomic mass is 32.2. The fraction of sp³-hybridized carbons (Fsp3) is 0.333. The number of aromatic nitrogens is 1. The van der Waals surface area contributed by atoms with Crippen molar-refractivity contribution >= 4 is 27.3 Å². The molecule has 0 spiro atoms. The number of anilines is 1. The van der Waals surface area contributed by atoms with Crippen molar-refractivity contribution in [2.45, 2.75) is 5.03 Å². The molecule has 0 fully saturated rings. The van der Waals surface area contributed by atoms with Crippen LogP contribution in [0.4, 0.5) is 5.00 Å². The smallest absolute Gasteiger partial charge is 0.160 e. The summed E-state index contributed by atoms with van der Waals surface area (Å²) in [4.78, 5) is 0. The predicted octanol–water partition coefficient (Wildman–Crippen LogP) is 0.794. The van der Waals surface area contributed by atoms with Gasteiger partial charge in [-0.2, -0.15) is 9.64 Å². The van der Waals surface area contributed by atoms with Crippen molar-refractivity contribution in [3.8, 4) is 6.07 Å². The van der Waals surface area contributed by atoms with Crippen molar-refractivity contribution in [2.24, 2.45) is 0 Å². The quantitative estimate of drug-likeness (QED) is 0.768. The van der Waals surface area contributed by atoms with Crippen LogP contribution in [-0.4, -0.2) is 21.9 Å². The summed E-state index contributed by atoms with van der Waals surface area (Å²) in [5, 5.41) is 12.6. The summed E-state index contributed by atoms with van der Waals surface area (Å²) in [6.45, 7) is 0. The molecule has 0 amide bonds. The van der Waals surface area contributed by atoms with Crippen molar-refractivity contribution in [1.29, 1.82) is 5.26 Å². The van der Waals surface area contributed by atoms with Crippen LogP contribution in [0.25, 0.3) is 0 Å². The molecule has 6 heteroatoms. The molecule has 1 aromatic rings. The molecule has 0 radical (unpaired) electrons. The zero-order chi connectivity index (χ0) is 9.14. The van der Waals surface area contributed by atoms with Crippen LogP contribution >= 0.6 is 11.5 Å². The van der Waals surface area contributed by atoms with Crippen LogP contribution in [0.2, 0.25) is 0 Å². The Bertz CT molecular complexity index is 352. The van der Waals surface area contributed by atoms with Crippen molar-refractivity contribution in [2.75, 3.05) is 18.6 Å². The molecule has 1 aromatic heterocycles.